The third kappa shape index (κ3) is 1.14. The van der Waals surface area contributed by atoms with Crippen LogP contribution in [0.15, 0.2) is 12.1 Å². The molecule has 0 saturated heterocycles. The van der Waals surface area contributed by atoms with Crippen molar-refractivity contribution in [3.63, 3.8) is 0 Å². The van der Waals surface area contributed by atoms with Crippen LogP contribution in [0.1, 0.15) is 16.1 Å². The maximum absolute atomic E-state index is 13.4. The Bertz CT molecular complexity index is 519. The zero-order valence-electron chi connectivity index (χ0n) is 7.34. The number of rotatable bonds is 1. The molecule has 2 N–H and O–H groups in total. The first kappa shape index (κ1) is 8.68. The molecule has 0 aliphatic heterocycles. The topological polar surface area (TPSA) is 66.0 Å². The Kier molecular flexibility index (Phi) is 1.73. The fourth-order valence-electron chi connectivity index (χ4n) is 1.40. The van der Waals surface area contributed by atoms with Gasteiger partial charge in [0.15, 0.2) is 5.69 Å². The van der Waals surface area contributed by atoms with E-state index in [-0.39, 0.29) is 11.1 Å². The van der Waals surface area contributed by atoms with Gasteiger partial charge in [-0.1, -0.05) is 0 Å². The van der Waals surface area contributed by atoms with Crippen LogP contribution in [-0.4, -0.2) is 21.3 Å². The highest BCUT2D eigenvalue weighted by molar-refractivity contribution is 6.01. The lowest BCUT2D eigenvalue weighted by molar-refractivity contribution is 0.0692. The molecule has 0 amide bonds. The maximum Gasteiger partial charge on any atom is 0.357 e. The second-order valence-electron chi connectivity index (χ2n) is 3.05. The fraction of sp³-hybridized carbons (Fsp3) is 0.111. The minimum Gasteiger partial charge on any atom is -0.476 e. The van der Waals surface area contributed by atoms with E-state index in [0.29, 0.717) is 5.52 Å². The van der Waals surface area contributed by atoms with Crippen molar-refractivity contribution in [2.75, 3.05) is 0 Å². The number of aryl methyl sites for hydroxylation is 1. The van der Waals surface area contributed by atoms with E-state index in [1.54, 1.807) is 13.0 Å². The van der Waals surface area contributed by atoms with Crippen molar-refractivity contribution in [3.8, 4) is 0 Å². The monoisotopic (exact) mass is 194 g/mol. The zero-order chi connectivity index (χ0) is 10.3. The van der Waals surface area contributed by atoms with E-state index in [0.717, 1.165) is 5.56 Å². The van der Waals surface area contributed by atoms with Gasteiger partial charge in [0, 0.05) is 0 Å². The van der Waals surface area contributed by atoms with Crippen LogP contribution in [0, 0.1) is 12.7 Å². The van der Waals surface area contributed by atoms with Gasteiger partial charge in [-0.3, -0.25) is 5.10 Å². The Hall–Kier alpha value is -1.91. The van der Waals surface area contributed by atoms with E-state index in [1.165, 1.54) is 6.07 Å². The number of nitrogens with one attached hydrogen (secondary N) is 1. The van der Waals surface area contributed by atoms with Crippen molar-refractivity contribution in [2.24, 2.45) is 0 Å². The summed E-state index contributed by atoms with van der Waals surface area (Å²) in [4.78, 5) is 10.7. The lowest BCUT2D eigenvalue weighted by Gasteiger charge is -1.95. The average Bonchev–Trinajstić information content (AvgIpc) is 2.47. The summed E-state index contributed by atoms with van der Waals surface area (Å²) in [5, 5.41) is 14.8. The van der Waals surface area contributed by atoms with Gasteiger partial charge in [-0.2, -0.15) is 5.10 Å². The largest absolute Gasteiger partial charge is 0.476 e. The lowest BCUT2D eigenvalue weighted by atomic mass is 10.1. The highest BCUT2D eigenvalue weighted by atomic mass is 19.1. The summed E-state index contributed by atoms with van der Waals surface area (Å²) >= 11 is 0. The fourth-order valence-corrected chi connectivity index (χ4v) is 1.40. The molecule has 1 aromatic carbocycles. The van der Waals surface area contributed by atoms with Crippen LogP contribution in [0.5, 0.6) is 0 Å². The summed E-state index contributed by atoms with van der Waals surface area (Å²) in [5.74, 6) is -1.80. The standard InChI is InChI=1S/C9H7FN2O2/c1-4-2-5(10)7-6(3-4)11-12-8(7)9(13)14/h2-3H,1H3,(H,11,12)(H,13,14). The van der Waals surface area contributed by atoms with E-state index in [1.807, 2.05) is 0 Å². The summed E-state index contributed by atoms with van der Waals surface area (Å²) in [5.41, 5.74) is 0.841. The van der Waals surface area contributed by atoms with Crippen LogP contribution >= 0.6 is 0 Å². The third-order valence-electron chi connectivity index (χ3n) is 1.96. The molecule has 0 saturated carbocycles. The summed E-state index contributed by atoms with van der Waals surface area (Å²) in [6, 6.07) is 2.93. The Morgan fingerprint density at radius 2 is 2.29 bits per heavy atom. The van der Waals surface area contributed by atoms with Crippen molar-refractivity contribution in [1.29, 1.82) is 0 Å². The van der Waals surface area contributed by atoms with Gasteiger partial charge in [0.05, 0.1) is 10.9 Å². The lowest BCUT2D eigenvalue weighted by Crippen LogP contribution is -1.98. The summed E-state index contributed by atoms with van der Waals surface area (Å²) in [7, 11) is 0. The number of fused-ring (bicyclic) bond motifs is 1. The second-order valence-corrected chi connectivity index (χ2v) is 3.05. The van der Waals surface area contributed by atoms with Crippen molar-refractivity contribution < 1.29 is 14.3 Å². The number of aromatic amines is 1. The Balaban J connectivity index is 2.85. The number of hydrogen-bond acceptors (Lipinski definition) is 2. The van der Waals surface area contributed by atoms with Crippen LogP contribution in [0.2, 0.25) is 0 Å². The molecule has 2 aromatic rings. The minimum absolute atomic E-state index is 0.0306. The molecular weight excluding hydrogens is 187 g/mol. The molecule has 0 aliphatic carbocycles. The van der Waals surface area contributed by atoms with E-state index in [4.69, 9.17) is 5.11 Å². The molecule has 72 valence electrons. The molecule has 0 unspecified atom stereocenters. The number of carbonyl (C=O) groups is 1. The number of aromatic nitrogens is 2. The van der Waals surface area contributed by atoms with Crippen molar-refractivity contribution >= 4 is 16.9 Å². The molecule has 5 heteroatoms. The van der Waals surface area contributed by atoms with Gasteiger partial charge < -0.3 is 5.11 Å². The normalized spacial score (nSPS) is 10.7. The number of aromatic carboxylic acids is 1. The van der Waals surface area contributed by atoms with Gasteiger partial charge in [0.1, 0.15) is 5.82 Å². The number of benzene rings is 1. The number of carboxylic acid groups (broad SMARTS) is 1. The average molecular weight is 194 g/mol. The number of halogens is 1. The van der Waals surface area contributed by atoms with Gasteiger partial charge in [-0.15, -0.1) is 0 Å². The maximum atomic E-state index is 13.4. The first-order valence-corrected chi connectivity index (χ1v) is 3.97. The van der Waals surface area contributed by atoms with E-state index in [9.17, 15) is 9.18 Å². The predicted octanol–water partition coefficient (Wildman–Crippen LogP) is 1.71. The number of carboxylic acids is 1. The number of nitrogens with zero attached hydrogens (tertiary/aromatic N) is 1. The molecule has 0 atom stereocenters. The van der Waals surface area contributed by atoms with E-state index >= 15 is 0 Å². The first-order chi connectivity index (χ1) is 6.59. The van der Waals surface area contributed by atoms with Gasteiger partial charge in [0.2, 0.25) is 0 Å². The molecule has 0 aliphatic rings. The van der Waals surface area contributed by atoms with Crippen LogP contribution in [0.25, 0.3) is 10.9 Å². The highest BCUT2D eigenvalue weighted by Crippen LogP contribution is 2.21. The van der Waals surface area contributed by atoms with Gasteiger partial charge in [-0.05, 0) is 24.6 Å². The van der Waals surface area contributed by atoms with E-state index in [2.05, 4.69) is 10.2 Å². The summed E-state index contributed by atoms with van der Waals surface area (Å²) in [6.07, 6.45) is 0. The van der Waals surface area contributed by atoms with Crippen molar-refractivity contribution in [3.05, 3.63) is 29.2 Å². The molecule has 0 spiro atoms. The number of hydrogen-bond donors (Lipinski definition) is 2. The van der Waals surface area contributed by atoms with Crippen LogP contribution in [-0.2, 0) is 0 Å². The Labute approximate surface area is 78.4 Å². The van der Waals surface area contributed by atoms with Gasteiger partial charge >= 0.3 is 5.97 Å². The molecule has 0 bridgehead atoms. The van der Waals surface area contributed by atoms with Crippen molar-refractivity contribution in [2.45, 2.75) is 6.92 Å². The smallest absolute Gasteiger partial charge is 0.357 e. The summed E-state index contributed by atoms with van der Waals surface area (Å²) < 4.78 is 13.4. The molecule has 4 nitrogen and oxygen atoms in total. The SMILES string of the molecule is Cc1cc(F)c2c(C(=O)O)n[nH]c2c1. The molecular formula is C9H7FN2O2. The molecule has 0 fully saturated rings. The van der Waals surface area contributed by atoms with Gasteiger partial charge in [0.25, 0.3) is 0 Å². The molecule has 0 radical (unpaired) electrons. The number of H-pyrrole nitrogens is 1. The molecule has 2 rings (SSSR count). The first-order valence-electron chi connectivity index (χ1n) is 3.97. The Morgan fingerprint density at radius 3 is 2.93 bits per heavy atom. The molecule has 14 heavy (non-hydrogen) atoms. The minimum atomic E-state index is -1.24. The second kappa shape index (κ2) is 2.80. The third-order valence-corrected chi connectivity index (χ3v) is 1.96. The zero-order valence-corrected chi connectivity index (χ0v) is 7.34. The molecule has 1 heterocycles. The quantitative estimate of drug-likeness (QED) is 0.726. The van der Waals surface area contributed by atoms with Gasteiger partial charge in [-0.25, -0.2) is 9.18 Å². The summed E-state index contributed by atoms with van der Waals surface area (Å²) in [6.45, 7) is 1.73. The van der Waals surface area contributed by atoms with Crippen LogP contribution in [0.3, 0.4) is 0 Å². The van der Waals surface area contributed by atoms with E-state index < -0.39 is 11.8 Å². The Morgan fingerprint density at radius 1 is 1.57 bits per heavy atom. The molecule has 1 aromatic heterocycles. The predicted molar refractivity (Wildman–Crippen MR) is 47.7 cm³/mol. The van der Waals surface area contributed by atoms with Crippen molar-refractivity contribution in [1.82, 2.24) is 10.2 Å². The highest BCUT2D eigenvalue weighted by Gasteiger charge is 2.16. The van der Waals surface area contributed by atoms with Crippen LogP contribution < -0.4 is 0 Å². The van der Waals surface area contributed by atoms with Crippen LogP contribution in [0.4, 0.5) is 4.39 Å².